The van der Waals surface area contributed by atoms with Gasteiger partial charge in [-0.1, -0.05) is 6.07 Å². The first-order valence-electron chi connectivity index (χ1n) is 7.80. The fourth-order valence-electron chi connectivity index (χ4n) is 3.03. The van der Waals surface area contributed by atoms with Crippen molar-refractivity contribution in [2.45, 2.75) is 44.7 Å². The molecular formula is C17H22N2OS. The fourth-order valence-corrected chi connectivity index (χ4v) is 4.01. The van der Waals surface area contributed by atoms with Crippen LogP contribution in [-0.4, -0.2) is 11.1 Å². The van der Waals surface area contributed by atoms with E-state index < -0.39 is 0 Å². The van der Waals surface area contributed by atoms with Crippen molar-refractivity contribution < 1.29 is 0 Å². The highest BCUT2D eigenvalue weighted by Crippen LogP contribution is 2.33. The molecule has 1 atom stereocenters. The molecule has 0 aliphatic heterocycles. The summed E-state index contributed by atoms with van der Waals surface area (Å²) in [5, 5.41) is 5.90. The topological polar surface area (TPSA) is 34.0 Å². The Morgan fingerprint density at radius 3 is 3.14 bits per heavy atom. The van der Waals surface area contributed by atoms with Crippen LogP contribution in [0.3, 0.4) is 0 Å². The summed E-state index contributed by atoms with van der Waals surface area (Å²) in [6.45, 7) is 1.84. The quantitative estimate of drug-likeness (QED) is 0.830. The number of unbranched alkanes of at least 4 members (excludes halogenated alkanes) is 1. The number of nitrogens with zero attached hydrogens (tertiary/aromatic N) is 1. The third-order valence-electron chi connectivity index (χ3n) is 4.17. The second-order valence-electron chi connectivity index (χ2n) is 5.64. The first kappa shape index (κ1) is 14.5. The van der Waals surface area contributed by atoms with Crippen molar-refractivity contribution in [1.82, 2.24) is 9.88 Å². The Morgan fingerprint density at radius 1 is 1.29 bits per heavy atom. The van der Waals surface area contributed by atoms with Gasteiger partial charge in [-0.05, 0) is 61.7 Å². The Kier molecular flexibility index (Phi) is 4.88. The van der Waals surface area contributed by atoms with Crippen LogP contribution in [0.15, 0.2) is 40.6 Å². The van der Waals surface area contributed by atoms with Crippen LogP contribution in [0.4, 0.5) is 0 Å². The molecule has 112 valence electrons. The van der Waals surface area contributed by atoms with Gasteiger partial charge in [-0.2, -0.15) is 0 Å². The fraction of sp³-hybridized carbons (Fsp3) is 0.471. The van der Waals surface area contributed by atoms with Gasteiger partial charge in [-0.15, -0.1) is 11.3 Å². The molecule has 1 N–H and O–H groups in total. The Labute approximate surface area is 129 Å². The molecule has 3 rings (SSSR count). The van der Waals surface area contributed by atoms with Crippen LogP contribution in [0.25, 0.3) is 0 Å². The minimum atomic E-state index is 0.0978. The smallest absolute Gasteiger partial charge is 0.250 e. The van der Waals surface area contributed by atoms with Crippen molar-refractivity contribution in [3.05, 3.63) is 56.6 Å². The number of rotatable bonds is 6. The molecule has 0 aromatic carbocycles. The summed E-state index contributed by atoms with van der Waals surface area (Å²) >= 11 is 1.89. The molecule has 2 heterocycles. The van der Waals surface area contributed by atoms with Crippen LogP contribution >= 0.6 is 11.3 Å². The van der Waals surface area contributed by atoms with Crippen LogP contribution < -0.4 is 10.9 Å². The van der Waals surface area contributed by atoms with E-state index in [0.29, 0.717) is 6.04 Å². The number of hydrogen-bond acceptors (Lipinski definition) is 3. The van der Waals surface area contributed by atoms with Crippen LogP contribution in [0.1, 0.15) is 42.2 Å². The zero-order valence-corrected chi connectivity index (χ0v) is 13.1. The highest BCUT2D eigenvalue weighted by atomic mass is 32.1. The van der Waals surface area contributed by atoms with Crippen molar-refractivity contribution in [1.29, 1.82) is 0 Å². The Bertz CT molecular complexity index is 631. The minimum Gasteiger partial charge on any atom is -0.316 e. The normalized spacial score (nSPS) is 17.6. The molecule has 2 aromatic heterocycles. The average molecular weight is 302 g/mol. The summed E-state index contributed by atoms with van der Waals surface area (Å²) in [4.78, 5) is 13.2. The maximum Gasteiger partial charge on any atom is 0.250 e. The average Bonchev–Trinajstić information content (AvgIpc) is 2.98. The van der Waals surface area contributed by atoms with Crippen molar-refractivity contribution in [2.24, 2.45) is 0 Å². The molecule has 0 bridgehead atoms. The highest BCUT2D eigenvalue weighted by Gasteiger charge is 2.20. The van der Waals surface area contributed by atoms with Gasteiger partial charge in [0.25, 0.3) is 0 Å². The molecule has 4 heteroatoms. The summed E-state index contributed by atoms with van der Waals surface area (Å²) < 4.78 is 1.79. The van der Waals surface area contributed by atoms with Crippen molar-refractivity contribution >= 4 is 11.3 Å². The molecule has 1 aliphatic rings. The predicted octanol–water partition coefficient (Wildman–Crippen LogP) is 3.36. The molecule has 21 heavy (non-hydrogen) atoms. The molecule has 0 unspecified atom stereocenters. The van der Waals surface area contributed by atoms with Gasteiger partial charge in [0.2, 0.25) is 5.56 Å². The Balaban J connectivity index is 1.42. The maximum absolute atomic E-state index is 11.6. The van der Waals surface area contributed by atoms with Gasteiger partial charge in [0.1, 0.15) is 0 Å². The van der Waals surface area contributed by atoms with Gasteiger partial charge in [0.05, 0.1) is 0 Å². The summed E-state index contributed by atoms with van der Waals surface area (Å²) in [6, 6.07) is 8.15. The number of aromatic nitrogens is 1. The number of nitrogens with one attached hydrogen (secondary N) is 1. The maximum atomic E-state index is 11.6. The van der Waals surface area contributed by atoms with Gasteiger partial charge >= 0.3 is 0 Å². The van der Waals surface area contributed by atoms with E-state index >= 15 is 0 Å². The lowest BCUT2D eigenvalue weighted by molar-refractivity contribution is 0.449. The molecule has 3 nitrogen and oxygen atoms in total. The molecule has 0 spiro atoms. The molecule has 2 aromatic rings. The lowest BCUT2D eigenvalue weighted by Gasteiger charge is -2.23. The Hall–Kier alpha value is -1.39. The lowest BCUT2D eigenvalue weighted by atomic mass is 9.94. The van der Waals surface area contributed by atoms with Crippen LogP contribution in [0.2, 0.25) is 0 Å². The Morgan fingerprint density at radius 2 is 2.24 bits per heavy atom. The van der Waals surface area contributed by atoms with Crippen LogP contribution in [0, 0.1) is 0 Å². The van der Waals surface area contributed by atoms with E-state index in [1.54, 1.807) is 21.6 Å². The standard InChI is InChI=1S/C17H22N2OS/c20-17-8-1-3-11-19(17)12-4-2-10-18-15-6-5-7-16-14(15)9-13-21-16/h1,3,8-9,11,13,15,18H,2,4-7,10,12H2/t15-/m0/s1. The summed E-state index contributed by atoms with van der Waals surface area (Å²) in [5.74, 6) is 0. The third-order valence-corrected chi connectivity index (χ3v) is 5.16. The molecular weight excluding hydrogens is 280 g/mol. The van der Waals surface area contributed by atoms with Crippen LogP contribution in [0.5, 0.6) is 0 Å². The van der Waals surface area contributed by atoms with Crippen molar-refractivity contribution in [2.75, 3.05) is 6.54 Å². The molecule has 0 radical (unpaired) electrons. The van der Waals surface area contributed by atoms with Crippen molar-refractivity contribution in [3.8, 4) is 0 Å². The second kappa shape index (κ2) is 7.05. The van der Waals surface area contributed by atoms with Gasteiger partial charge in [-0.3, -0.25) is 4.79 Å². The summed E-state index contributed by atoms with van der Waals surface area (Å²) in [5.41, 5.74) is 1.62. The SMILES string of the molecule is O=c1ccccn1CCCCN[C@H]1CCCc2sccc21. The monoisotopic (exact) mass is 302 g/mol. The number of thiophene rings is 1. The number of pyridine rings is 1. The van der Waals surface area contributed by atoms with E-state index in [9.17, 15) is 4.79 Å². The molecule has 1 aliphatic carbocycles. The van der Waals surface area contributed by atoms with E-state index in [-0.39, 0.29) is 5.56 Å². The van der Waals surface area contributed by atoms with Gasteiger partial charge in [0, 0.05) is 29.7 Å². The molecule has 0 amide bonds. The largest absolute Gasteiger partial charge is 0.316 e. The van der Waals surface area contributed by atoms with E-state index in [2.05, 4.69) is 16.8 Å². The second-order valence-corrected chi connectivity index (χ2v) is 6.64. The number of fused-ring (bicyclic) bond motifs is 1. The molecule has 0 fully saturated rings. The third kappa shape index (κ3) is 3.63. The summed E-state index contributed by atoms with van der Waals surface area (Å²) in [7, 11) is 0. The van der Waals surface area contributed by atoms with E-state index in [1.807, 2.05) is 23.6 Å². The lowest BCUT2D eigenvalue weighted by Crippen LogP contribution is -2.25. The van der Waals surface area contributed by atoms with E-state index in [4.69, 9.17) is 0 Å². The zero-order chi connectivity index (χ0) is 14.5. The van der Waals surface area contributed by atoms with Gasteiger partial charge in [0.15, 0.2) is 0 Å². The molecule has 0 saturated carbocycles. The van der Waals surface area contributed by atoms with E-state index in [1.165, 1.54) is 24.8 Å². The predicted molar refractivity (Wildman–Crippen MR) is 87.9 cm³/mol. The first-order chi connectivity index (χ1) is 10.3. The molecule has 0 saturated heterocycles. The number of aryl methyl sites for hydroxylation is 2. The highest BCUT2D eigenvalue weighted by molar-refractivity contribution is 7.10. The first-order valence-corrected chi connectivity index (χ1v) is 8.68. The van der Waals surface area contributed by atoms with Gasteiger partial charge in [-0.25, -0.2) is 0 Å². The van der Waals surface area contributed by atoms with Crippen molar-refractivity contribution in [3.63, 3.8) is 0 Å². The number of hydrogen-bond donors (Lipinski definition) is 1. The summed E-state index contributed by atoms with van der Waals surface area (Å²) in [6.07, 6.45) is 7.82. The van der Waals surface area contributed by atoms with E-state index in [0.717, 1.165) is 25.9 Å². The minimum absolute atomic E-state index is 0.0978. The van der Waals surface area contributed by atoms with Gasteiger partial charge < -0.3 is 9.88 Å². The zero-order valence-electron chi connectivity index (χ0n) is 12.3. The van der Waals surface area contributed by atoms with Crippen LogP contribution in [-0.2, 0) is 13.0 Å².